The third-order valence-corrected chi connectivity index (χ3v) is 4.93. The molecule has 8 heteroatoms. The molecule has 2 aliphatic heterocycles. The predicted molar refractivity (Wildman–Crippen MR) is 95.8 cm³/mol. The molecule has 2 aromatic rings. The smallest absolute Gasteiger partial charge is 0.227 e. The van der Waals surface area contributed by atoms with Crippen molar-refractivity contribution in [2.24, 2.45) is 7.05 Å². The summed E-state index contributed by atoms with van der Waals surface area (Å²) < 4.78 is 7.36. The molecule has 25 heavy (non-hydrogen) atoms. The first-order valence-electron chi connectivity index (χ1n) is 8.89. The molecule has 0 saturated carbocycles. The summed E-state index contributed by atoms with van der Waals surface area (Å²) in [5.74, 6) is 1.84. The van der Waals surface area contributed by atoms with Gasteiger partial charge >= 0.3 is 0 Å². The summed E-state index contributed by atoms with van der Waals surface area (Å²) in [4.78, 5) is 16.3. The molecule has 8 nitrogen and oxygen atoms in total. The number of anilines is 2. The van der Waals surface area contributed by atoms with E-state index in [1.165, 1.54) is 5.69 Å². The molecule has 4 rings (SSSR count). The van der Waals surface area contributed by atoms with E-state index in [0.29, 0.717) is 0 Å². The van der Waals surface area contributed by atoms with Gasteiger partial charge in [-0.15, -0.1) is 0 Å². The number of piperazine rings is 1. The summed E-state index contributed by atoms with van der Waals surface area (Å²) in [6.45, 7) is 8.20. The zero-order chi connectivity index (χ0) is 17.1. The Kier molecular flexibility index (Phi) is 4.80. The molecule has 0 atom stereocenters. The van der Waals surface area contributed by atoms with Crippen molar-refractivity contribution in [1.82, 2.24) is 24.6 Å². The van der Waals surface area contributed by atoms with Gasteiger partial charge in [-0.1, -0.05) is 0 Å². The summed E-state index contributed by atoms with van der Waals surface area (Å²) in [6.07, 6.45) is 3.73. The van der Waals surface area contributed by atoms with Crippen LogP contribution >= 0.6 is 0 Å². The SMILES string of the molecule is Cn1nccc1CN1CCN(c2ccnc(N3CCOCC3)n2)CC1. The van der Waals surface area contributed by atoms with Crippen LogP contribution < -0.4 is 9.80 Å². The molecule has 0 aliphatic carbocycles. The third kappa shape index (κ3) is 3.74. The van der Waals surface area contributed by atoms with Crippen LogP contribution in [0.5, 0.6) is 0 Å². The molecule has 0 bridgehead atoms. The highest BCUT2D eigenvalue weighted by Crippen LogP contribution is 2.18. The van der Waals surface area contributed by atoms with Crippen LogP contribution in [0.2, 0.25) is 0 Å². The van der Waals surface area contributed by atoms with E-state index in [9.17, 15) is 0 Å². The number of nitrogens with zero attached hydrogens (tertiary/aromatic N) is 7. The van der Waals surface area contributed by atoms with Crippen LogP contribution in [0.15, 0.2) is 24.5 Å². The number of aryl methyl sites for hydroxylation is 1. The largest absolute Gasteiger partial charge is 0.378 e. The molecule has 2 saturated heterocycles. The van der Waals surface area contributed by atoms with Crippen molar-refractivity contribution >= 4 is 11.8 Å². The van der Waals surface area contributed by atoms with Crippen LogP contribution in [0.1, 0.15) is 5.69 Å². The second-order valence-corrected chi connectivity index (χ2v) is 6.52. The zero-order valence-electron chi connectivity index (χ0n) is 14.7. The first kappa shape index (κ1) is 16.3. The minimum Gasteiger partial charge on any atom is -0.378 e. The fraction of sp³-hybridized carbons (Fsp3) is 0.588. The number of aromatic nitrogens is 4. The lowest BCUT2D eigenvalue weighted by Crippen LogP contribution is -2.46. The van der Waals surface area contributed by atoms with Gasteiger partial charge < -0.3 is 14.5 Å². The normalized spacial score (nSPS) is 19.4. The second-order valence-electron chi connectivity index (χ2n) is 6.52. The zero-order valence-corrected chi connectivity index (χ0v) is 14.7. The maximum atomic E-state index is 5.41. The lowest BCUT2D eigenvalue weighted by Gasteiger charge is -2.35. The molecule has 0 unspecified atom stereocenters. The van der Waals surface area contributed by atoms with Crippen molar-refractivity contribution in [3.63, 3.8) is 0 Å². The van der Waals surface area contributed by atoms with E-state index in [1.807, 2.05) is 30.2 Å². The molecule has 0 spiro atoms. The fourth-order valence-corrected chi connectivity index (χ4v) is 3.35. The van der Waals surface area contributed by atoms with Crippen LogP contribution in [0.3, 0.4) is 0 Å². The molecule has 0 N–H and O–H groups in total. The highest BCUT2D eigenvalue weighted by Gasteiger charge is 2.20. The quantitative estimate of drug-likeness (QED) is 0.795. The van der Waals surface area contributed by atoms with Gasteiger partial charge in [0.25, 0.3) is 0 Å². The Labute approximate surface area is 148 Å². The maximum absolute atomic E-state index is 5.41. The third-order valence-electron chi connectivity index (χ3n) is 4.93. The molecule has 4 heterocycles. The van der Waals surface area contributed by atoms with E-state index >= 15 is 0 Å². The van der Waals surface area contributed by atoms with E-state index in [2.05, 4.69) is 30.8 Å². The Balaban J connectivity index is 1.36. The van der Waals surface area contributed by atoms with E-state index in [-0.39, 0.29) is 0 Å². The van der Waals surface area contributed by atoms with Crippen LogP contribution in [-0.4, -0.2) is 77.1 Å². The lowest BCUT2D eigenvalue weighted by molar-refractivity contribution is 0.122. The Morgan fingerprint density at radius 2 is 1.76 bits per heavy atom. The van der Waals surface area contributed by atoms with Crippen molar-refractivity contribution in [3.05, 3.63) is 30.2 Å². The minimum atomic E-state index is 0.750. The van der Waals surface area contributed by atoms with E-state index in [0.717, 1.165) is 70.8 Å². The first-order valence-corrected chi connectivity index (χ1v) is 8.89. The highest BCUT2D eigenvalue weighted by atomic mass is 16.5. The Morgan fingerprint density at radius 1 is 0.960 bits per heavy atom. The topological polar surface area (TPSA) is 62.6 Å². The van der Waals surface area contributed by atoms with Gasteiger partial charge in [0.2, 0.25) is 5.95 Å². The number of hydrogen-bond donors (Lipinski definition) is 0. The van der Waals surface area contributed by atoms with E-state index in [1.54, 1.807) is 0 Å². The van der Waals surface area contributed by atoms with Gasteiger partial charge in [0.1, 0.15) is 5.82 Å². The van der Waals surface area contributed by atoms with E-state index in [4.69, 9.17) is 9.72 Å². The lowest BCUT2D eigenvalue weighted by atomic mass is 10.3. The van der Waals surface area contributed by atoms with Gasteiger partial charge in [-0.25, -0.2) is 4.98 Å². The summed E-state index contributed by atoms with van der Waals surface area (Å²) in [5.41, 5.74) is 1.25. The minimum absolute atomic E-state index is 0.750. The molecule has 2 aromatic heterocycles. The van der Waals surface area contributed by atoms with Crippen molar-refractivity contribution in [1.29, 1.82) is 0 Å². The van der Waals surface area contributed by atoms with Gasteiger partial charge in [0.15, 0.2) is 0 Å². The van der Waals surface area contributed by atoms with Gasteiger partial charge in [0, 0.05) is 65.3 Å². The molecule has 2 fully saturated rings. The highest BCUT2D eigenvalue weighted by molar-refractivity contribution is 5.44. The van der Waals surface area contributed by atoms with Crippen LogP contribution in [-0.2, 0) is 18.3 Å². The molecule has 2 aliphatic rings. The fourth-order valence-electron chi connectivity index (χ4n) is 3.35. The molecule has 0 amide bonds. The van der Waals surface area contributed by atoms with Crippen LogP contribution in [0, 0.1) is 0 Å². The molecular formula is C17H25N7O. The van der Waals surface area contributed by atoms with Crippen molar-refractivity contribution in [2.45, 2.75) is 6.54 Å². The van der Waals surface area contributed by atoms with Gasteiger partial charge in [0.05, 0.1) is 18.9 Å². The second kappa shape index (κ2) is 7.37. The average Bonchev–Trinajstić information content (AvgIpc) is 3.08. The van der Waals surface area contributed by atoms with Crippen molar-refractivity contribution in [2.75, 3.05) is 62.3 Å². The number of morpholine rings is 1. The summed E-state index contributed by atoms with van der Waals surface area (Å²) in [6, 6.07) is 4.10. The Bertz CT molecular complexity index is 690. The molecule has 134 valence electrons. The summed E-state index contributed by atoms with van der Waals surface area (Å²) in [5, 5.41) is 4.25. The van der Waals surface area contributed by atoms with Gasteiger partial charge in [-0.05, 0) is 12.1 Å². The van der Waals surface area contributed by atoms with Gasteiger partial charge in [-0.3, -0.25) is 9.58 Å². The molecule has 0 aromatic carbocycles. The number of hydrogen-bond acceptors (Lipinski definition) is 7. The standard InChI is InChI=1S/C17H25N7O/c1-21-15(2-5-19-21)14-22-6-8-23(9-7-22)16-3-4-18-17(20-16)24-10-12-25-13-11-24/h2-5H,6-14H2,1H3. The number of rotatable bonds is 4. The predicted octanol–water partition coefficient (Wildman–Crippen LogP) is 0.369. The average molecular weight is 343 g/mol. The van der Waals surface area contributed by atoms with Crippen LogP contribution in [0.25, 0.3) is 0 Å². The summed E-state index contributed by atoms with van der Waals surface area (Å²) >= 11 is 0. The number of ether oxygens (including phenoxy) is 1. The van der Waals surface area contributed by atoms with Crippen molar-refractivity contribution < 1.29 is 4.74 Å². The maximum Gasteiger partial charge on any atom is 0.227 e. The Morgan fingerprint density at radius 3 is 2.48 bits per heavy atom. The van der Waals surface area contributed by atoms with Crippen LogP contribution in [0.4, 0.5) is 11.8 Å². The molecular weight excluding hydrogens is 318 g/mol. The van der Waals surface area contributed by atoms with Crippen molar-refractivity contribution in [3.8, 4) is 0 Å². The van der Waals surface area contributed by atoms with E-state index < -0.39 is 0 Å². The first-order chi connectivity index (χ1) is 12.3. The summed E-state index contributed by atoms with van der Waals surface area (Å²) in [7, 11) is 2.00. The Hall–Kier alpha value is -2.19. The molecule has 0 radical (unpaired) electrons. The van der Waals surface area contributed by atoms with Gasteiger partial charge in [-0.2, -0.15) is 10.1 Å². The monoisotopic (exact) mass is 343 g/mol.